The topological polar surface area (TPSA) is 34.1 Å². The summed E-state index contributed by atoms with van der Waals surface area (Å²) in [4.78, 5) is 19.8. The van der Waals surface area contributed by atoms with E-state index < -0.39 is 0 Å². The molecular formula is C14H12O2. The molecule has 0 aliphatic rings. The SMILES string of the molecule is C=O.O=C(c1ccccc1)c1ccccc1. The third-order valence-corrected chi connectivity index (χ3v) is 2.07. The Morgan fingerprint density at radius 2 is 1.00 bits per heavy atom. The van der Waals surface area contributed by atoms with Gasteiger partial charge in [0.2, 0.25) is 0 Å². The molecule has 2 nitrogen and oxygen atoms in total. The molecule has 2 aromatic rings. The third kappa shape index (κ3) is 2.89. The molecule has 0 radical (unpaired) electrons. The van der Waals surface area contributed by atoms with E-state index in [2.05, 4.69) is 0 Å². The van der Waals surface area contributed by atoms with Crippen LogP contribution in [-0.4, -0.2) is 12.6 Å². The van der Waals surface area contributed by atoms with Crippen LogP contribution in [0, 0.1) is 0 Å². The van der Waals surface area contributed by atoms with E-state index in [0.717, 1.165) is 11.1 Å². The van der Waals surface area contributed by atoms with Gasteiger partial charge in [-0.3, -0.25) is 4.79 Å². The van der Waals surface area contributed by atoms with Gasteiger partial charge in [0, 0.05) is 11.1 Å². The highest BCUT2D eigenvalue weighted by molar-refractivity contribution is 6.08. The number of ketones is 1. The summed E-state index contributed by atoms with van der Waals surface area (Å²) in [5.41, 5.74) is 1.47. The molecule has 80 valence electrons. The Kier molecular flexibility index (Phi) is 4.67. The van der Waals surface area contributed by atoms with Crippen molar-refractivity contribution < 1.29 is 9.59 Å². The Hall–Kier alpha value is -2.22. The highest BCUT2D eigenvalue weighted by Crippen LogP contribution is 2.08. The quantitative estimate of drug-likeness (QED) is 0.717. The van der Waals surface area contributed by atoms with Crippen molar-refractivity contribution in [3.63, 3.8) is 0 Å². The Balaban J connectivity index is 0.000000606. The predicted octanol–water partition coefficient (Wildman–Crippen LogP) is 2.73. The molecular weight excluding hydrogens is 200 g/mol. The molecule has 0 aromatic heterocycles. The van der Waals surface area contributed by atoms with Crippen molar-refractivity contribution in [2.45, 2.75) is 0 Å². The molecule has 2 aromatic carbocycles. The molecule has 0 saturated heterocycles. The summed E-state index contributed by atoms with van der Waals surface area (Å²) in [6.07, 6.45) is 0. The van der Waals surface area contributed by atoms with Gasteiger partial charge in [0.1, 0.15) is 6.79 Å². The monoisotopic (exact) mass is 212 g/mol. The first-order valence-electron chi connectivity index (χ1n) is 4.81. The second kappa shape index (κ2) is 6.30. The number of carbonyl (C=O) groups excluding carboxylic acids is 2. The summed E-state index contributed by atoms with van der Waals surface area (Å²) in [7, 11) is 0. The van der Waals surface area contributed by atoms with Crippen molar-refractivity contribution >= 4 is 12.6 Å². The summed E-state index contributed by atoms with van der Waals surface area (Å²) >= 11 is 0. The molecule has 0 atom stereocenters. The molecule has 0 spiro atoms. The third-order valence-electron chi connectivity index (χ3n) is 2.07. The zero-order chi connectivity index (χ0) is 11.8. The van der Waals surface area contributed by atoms with Gasteiger partial charge in [-0.25, -0.2) is 0 Å². The van der Waals surface area contributed by atoms with Crippen LogP contribution >= 0.6 is 0 Å². The fourth-order valence-electron chi connectivity index (χ4n) is 1.35. The first-order valence-corrected chi connectivity index (χ1v) is 4.81. The molecule has 0 unspecified atom stereocenters. The second-order valence-electron chi connectivity index (χ2n) is 3.06. The van der Waals surface area contributed by atoms with Crippen molar-refractivity contribution in [2.24, 2.45) is 0 Å². The minimum atomic E-state index is 0.0752. The van der Waals surface area contributed by atoms with Crippen molar-refractivity contribution in [1.82, 2.24) is 0 Å². The van der Waals surface area contributed by atoms with Gasteiger partial charge in [-0.1, -0.05) is 60.7 Å². The molecule has 0 bridgehead atoms. The summed E-state index contributed by atoms with van der Waals surface area (Å²) < 4.78 is 0. The Morgan fingerprint density at radius 3 is 1.31 bits per heavy atom. The summed E-state index contributed by atoms with van der Waals surface area (Å²) in [6.45, 7) is 2.00. The zero-order valence-electron chi connectivity index (χ0n) is 8.80. The zero-order valence-corrected chi connectivity index (χ0v) is 8.80. The standard InChI is InChI=1S/C13H10O.CH2O/c14-13(11-7-3-1-4-8-11)12-9-5-2-6-10-12;1-2/h1-10H;1H2. The molecule has 2 rings (SSSR count). The first-order chi connectivity index (χ1) is 7.88. The molecule has 0 aliphatic carbocycles. The molecule has 0 heterocycles. The minimum Gasteiger partial charge on any atom is -0.307 e. The fraction of sp³-hybridized carbons (Fsp3) is 0. The Bertz CT molecular complexity index is 393. The van der Waals surface area contributed by atoms with Crippen LogP contribution < -0.4 is 0 Å². The molecule has 0 N–H and O–H groups in total. The number of carbonyl (C=O) groups is 2. The number of rotatable bonds is 2. The lowest BCUT2D eigenvalue weighted by atomic mass is 10.0. The highest BCUT2D eigenvalue weighted by atomic mass is 16.1. The summed E-state index contributed by atoms with van der Waals surface area (Å²) in [6, 6.07) is 18.6. The normalized spacial score (nSPS) is 8.75. The van der Waals surface area contributed by atoms with E-state index in [1.54, 1.807) is 0 Å². The van der Waals surface area contributed by atoms with Gasteiger partial charge in [0.15, 0.2) is 5.78 Å². The maximum Gasteiger partial charge on any atom is 0.193 e. The van der Waals surface area contributed by atoms with E-state index in [0.29, 0.717) is 0 Å². The van der Waals surface area contributed by atoms with E-state index in [-0.39, 0.29) is 5.78 Å². The van der Waals surface area contributed by atoms with Gasteiger partial charge in [0.05, 0.1) is 0 Å². The average molecular weight is 212 g/mol. The Morgan fingerprint density at radius 1 is 0.688 bits per heavy atom. The van der Waals surface area contributed by atoms with Crippen LogP contribution in [0.25, 0.3) is 0 Å². The number of hydrogen-bond donors (Lipinski definition) is 0. The Labute approximate surface area is 94.5 Å². The van der Waals surface area contributed by atoms with E-state index >= 15 is 0 Å². The van der Waals surface area contributed by atoms with Crippen LogP contribution in [0.2, 0.25) is 0 Å². The fourth-order valence-corrected chi connectivity index (χ4v) is 1.35. The van der Waals surface area contributed by atoms with Crippen LogP contribution in [0.3, 0.4) is 0 Å². The van der Waals surface area contributed by atoms with Crippen LogP contribution in [0.4, 0.5) is 0 Å². The average Bonchev–Trinajstić information content (AvgIpc) is 2.42. The van der Waals surface area contributed by atoms with E-state index in [9.17, 15) is 4.79 Å². The molecule has 2 heteroatoms. The molecule has 0 saturated carbocycles. The van der Waals surface area contributed by atoms with Crippen LogP contribution in [0.1, 0.15) is 15.9 Å². The van der Waals surface area contributed by atoms with Crippen LogP contribution in [0.15, 0.2) is 60.7 Å². The van der Waals surface area contributed by atoms with Crippen LogP contribution in [-0.2, 0) is 4.79 Å². The maximum atomic E-state index is 11.8. The minimum absolute atomic E-state index is 0.0752. The smallest absolute Gasteiger partial charge is 0.193 e. The van der Waals surface area contributed by atoms with E-state index in [1.165, 1.54) is 0 Å². The van der Waals surface area contributed by atoms with Gasteiger partial charge in [0.25, 0.3) is 0 Å². The van der Waals surface area contributed by atoms with E-state index in [4.69, 9.17) is 4.79 Å². The van der Waals surface area contributed by atoms with E-state index in [1.807, 2.05) is 67.5 Å². The predicted molar refractivity (Wildman–Crippen MR) is 63.4 cm³/mol. The van der Waals surface area contributed by atoms with Gasteiger partial charge in [-0.2, -0.15) is 0 Å². The largest absolute Gasteiger partial charge is 0.307 e. The van der Waals surface area contributed by atoms with Crippen LogP contribution in [0.5, 0.6) is 0 Å². The van der Waals surface area contributed by atoms with Crippen molar-refractivity contribution in [3.8, 4) is 0 Å². The molecule has 0 amide bonds. The first kappa shape index (κ1) is 11.9. The molecule has 0 fully saturated rings. The van der Waals surface area contributed by atoms with Crippen molar-refractivity contribution in [3.05, 3.63) is 71.8 Å². The van der Waals surface area contributed by atoms with Crippen molar-refractivity contribution in [2.75, 3.05) is 0 Å². The lowest BCUT2D eigenvalue weighted by Crippen LogP contribution is -1.99. The van der Waals surface area contributed by atoms with Gasteiger partial charge in [-0.05, 0) is 0 Å². The lowest BCUT2D eigenvalue weighted by molar-refractivity contribution is -0.0979. The second-order valence-corrected chi connectivity index (χ2v) is 3.06. The maximum absolute atomic E-state index is 11.8. The lowest BCUT2D eigenvalue weighted by Gasteiger charge is -1.99. The molecule has 16 heavy (non-hydrogen) atoms. The molecule has 0 aliphatic heterocycles. The highest BCUT2D eigenvalue weighted by Gasteiger charge is 2.06. The summed E-state index contributed by atoms with van der Waals surface area (Å²) in [5, 5.41) is 0. The number of hydrogen-bond acceptors (Lipinski definition) is 2. The van der Waals surface area contributed by atoms with Crippen molar-refractivity contribution in [1.29, 1.82) is 0 Å². The van der Waals surface area contributed by atoms with Gasteiger partial charge >= 0.3 is 0 Å². The number of benzene rings is 2. The van der Waals surface area contributed by atoms with Gasteiger partial charge < -0.3 is 4.79 Å². The summed E-state index contributed by atoms with van der Waals surface area (Å²) in [5.74, 6) is 0.0752. The van der Waals surface area contributed by atoms with Gasteiger partial charge in [-0.15, -0.1) is 0 Å².